The first-order valence-electron chi connectivity index (χ1n) is 7.41. The van der Waals surface area contributed by atoms with Crippen LogP contribution in [0.3, 0.4) is 0 Å². The number of hydrogen-bond acceptors (Lipinski definition) is 4. The molecule has 0 amide bonds. The molecule has 0 saturated heterocycles. The fourth-order valence-electron chi connectivity index (χ4n) is 2.35. The highest BCUT2D eigenvalue weighted by Gasteiger charge is 2.10. The highest BCUT2D eigenvalue weighted by Crippen LogP contribution is 2.31. The second-order valence-electron chi connectivity index (χ2n) is 4.80. The summed E-state index contributed by atoms with van der Waals surface area (Å²) in [7, 11) is 3.35. The van der Waals surface area contributed by atoms with E-state index in [1.165, 1.54) is 0 Å². The van der Waals surface area contributed by atoms with Crippen molar-refractivity contribution in [2.75, 3.05) is 20.8 Å². The van der Waals surface area contributed by atoms with Crippen LogP contribution in [-0.4, -0.2) is 20.8 Å². The van der Waals surface area contributed by atoms with Gasteiger partial charge in [0.1, 0.15) is 5.75 Å². The maximum atomic E-state index is 5.72. The van der Waals surface area contributed by atoms with Gasteiger partial charge in [0, 0.05) is 24.2 Å². The third-order valence-electron chi connectivity index (χ3n) is 3.39. The third-order valence-corrected chi connectivity index (χ3v) is 3.39. The zero-order valence-corrected chi connectivity index (χ0v) is 13.4. The van der Waals surface area contributed by atoms with Gasteiger partial charge in [-0.1, -0.05) is 30.3 Å². The summed E-state index contributed by atoms with van der Waals surface area (Å²) < 4.78 is 16.4. The number of para-hydroxylation sites is 2. The van der Waals surface area contributed by atoms with E-state index < -0.39 is 0 Å². The highest BCUT2D eigenvalue weighted by atomic mass is 16.5. The van der Waals surface area contributed by atoms with Crippen LogP contribution in [0.5, 0.6) is 17.2 Å². The Morgan fingerprint density at radius 3 is 2.18 bits per heavy atom. The minimum atomic E-state index is 0.611. The average Bonchev–Trinajstić information content (AvgIpc) is 2.56. The third kappa shape index (κ3) is 3.92. The number of nitrogens with one attached hydrogen (secondary N) is 1. The molecule has 0 aromatic heterocycles. The smallest absolute Gasteiger partial charge is 0.165 e. The zero-order valence-electron chi connectivity index (χ0n) is 13.4. The number of benzene rings is 2. The lowest BCUT2D eigenvalue weighted by Crippen LogP contribution is -2.14. The molecule has 4 nitrogen and oxygen atoms in total. The van der Waals surface area contributed by atoms with Crippen molar-refractivity contribution in [3.8, 4) is 17.2 Å². The average molecular weight is 301 g/mol. The van der Waals surface area contributed by atoms with E-state index in [9.17, 15) is 0 Å². The normalized spacial score (nSPS) is 10.3. The van der Waals surface area contributed by atoms with E-state index in [4.69, 9.17) is 14.2 Å². The Morgan fingerprint density at radius 2 is 1.45 bits per heavy atom. The van der Waals surface area contributed by atoms with Crippen molar-refractivity contribution in [2.45, 2.75) is 20.0 Å². The van der Waals surface area contributed by atoms with E-state index in [1.54, 1.807) is 14.2 Å². The van der Waals surface area contributed by atoms with Crippen LogP contribution in [-0.2, 0) is 13.1 Å². The minimum Gasteiger partial charge on any atom is -0.496 e. The highest BCUT2D eigenvalue weighted by molar-refractivity contribution is 5.46. The Labute approximate surface area is 132 Å². The van der Waals surface area contributed by atoms with Gasteiger partial charge in [-0.05, 0) is 19.1 Å². The maximum absolute atomic E-state index is 5.72. The molecular weight excluding hydrogens is 278 g/mol. The second-order valence-corrected chi connectivity index (χ2v) is 4.80. The van der Waals surface area contributed by atoms with E-state index in [2.05, 4.69) is 11.4 Å². The predicted octanol–water partition coefficient (Wildman–Crippen LogP) is 3.39. The van der Waals surface area contributed by atoms with Gasteiger partial charge in [-0.15, -0.1) is 0 Å². The largest absolute Gasteiger partial charge is 0.496 e. The van der Waals surface area contributed by atoms with Gasteiger partial charge in [-0.3, -0.25) is 0 Å². The topological polar surface area (TPSA) is 39.7 Å². The second kappa shape index (κ2) is 8.29. The molecule has 0 atom stereocenters. The van der Waals surface area contributed by atoms with Gasteiger partial charge < -0.3 is 19.5 Å². The van der Waals surface area contributed by atoms with Gasteiger partial charge in [0.25, 0.3) is 0 Å². The van der Waals surface area contributed by atoms with Gasteiger partial charge in [0.05, 0.1) is 20.8 Å². The Balaban J connectivity index is 2.05. The molecule has 0 saturated carbocycles. The molecule has 4 heteroatoms. The summed E-state index contributed by atoms with van der Waals surface area (Å²) in [4.78, 5) is 0. The van der Waals surface area contributed by atoms with Crippen LogP contribution in [0.4, 0.5) is 0 Å². The standard InChI is InChI=1S/C18H23NO3/c1-4-22-18-15(9-7-11-17(18)21-3)13-19-12-14-8-5-6-10-16(14)20-2/h5-11,19H,4,12-13H2,1-3H3. The molecule has 0 aliphatic heterocycles. The van der Waals surface area contributed by atoms with Crippen molar-refractivity contribution in [3.63, 3.8) is 0 Å². The molecule has 0 radical (unpaired) electrons. The van der Waals surface area contributed by atoms with Crippen LogP contribution in [0.15, 0.2) is 42.5 Å². The molecule has 1 N–H and O–H groups in total. The molecule has 0 unspecified atom stereocenters. The molecule has 0 aliphatic carbocycles. The lowest BCUT2D eigenvalue weighted by Gasteiger charge is -2.15. The van der Waals surface area contributed by atoms with Crippen LogP contribution in [0.2, 0.25) is 0 Å². The molecular formula is C18H23NO3. The fraction of sp³-hybridized carbons (Fsp3) is 0.333. The van der Waals surface area contributed by atoms with Crippen molar-refractivity contribution < 1.29 is 14.2 Å². The first kappa shape index (κ1) is 16.2. The van der Waals surface area contributed by atoms with E-state index in [1.807, 2.05) is 43.3 Å². The Kier molecular flexibility index (Phi) is 6.10. The van der Waals surface area contributed by atoms with E-state index in [0.29, 0.717) is 13.2 Å². The predicted molar refractivity (Wildman–Crippen MR) is 87.7 cm³/mol. The molecule has 0 fully saturated rings. The Bertz CT molecular complexity index is 599. The first-order chi connectivity index (χ1) is 10.8. The Hall–Kier alpha value is -2.20. The van der Waals surface area contributed by atoms with Gasteiger partial charge in [-0.2, -0.15) is 0 Å². The van der Waals surface area contributed by atoms with Crippen molar-refractivity contribution in [1.82, 2.24) is 5.32 Å². The summed E-state index contributed by atoms with van der Waals surface area (Å²) in [5, 5.41) is 3.43. The monoisotopic (exact) mass is 301 g/mol. The fourth-order valence-corrected chi connectivity index (χ4v) is 2.35. The molecule has 2 rings (SSSR count). The number of hydrogen-bond donors (Lipinski definition) is 1. The maximum Gasteiger partial charge on any atom is 0.165 e. The summed E-state index contributed by atoms with van der Waals surface area (Å²) in [6.45, 7) is 4.01. The van der Waals surface area contributed by atoms with Crippen molar-refractivity contribution in [2.24, 2.45) is 0 Å². The molecule has 0 aliphatic rings. The van der Waals surface area contributed by atoms with Crippen LogP contribution in [0, 0.1) is 0 Å². The van der Waals surface area contributed by atoms with E-state index >= 15 is 0 Å². The van der Waals surface area contributed by atoms with Crippen LogP contribution in [0.1, 0.15) is 18.1 Å². The SMILES string of the molecule is CCOc1c(CNCc2ccccc2OC)cccc1OC. The molecule has 0 bridgehead atoms. The summed E-state index contributed by atoms with van der Waals surface area (Å²) in [6, 6.07) is 13.9. The summed E-state index contributed by atoms with van der Waals surface area (Å²) in [6.07, 6.45) is 0. The van der Waals surface area contributed by atoms with Gasteiger partial charge in [0.15, 0.2) is 11.5 Å². The molecule has 22 heavy (non-hydrogen) atoms. The lowest BCUT2D eigenvalue weighted by atomic mass is 10.1. The molecule has 2 aromatic carbocycles. The number of methoxy groups -OCH3 is 2. The molecule has 0 spiro atoms. The van der Waals surface area contributed by atoms with E-state index in [0.717, 1.165) is 34.9 Å². The minimum absolute atomic E-state index is 0.611. The summed E-state index contributed by atoms with van der Waals surface area (Å²) in [5.41, 5.74) is 2.21. The van der Waals surface area contributed by atoms with Gasteiger partial charge in [0.2, 0.25) is 0 Å². The quantitative estimate of drug-likeness (QED) is 0.811. The van der Waals surface area contributed by atoms with Crippen LogP contribution >= 0.6 is 0 Å². The Morgan fingerprint density at radius 1 is 0.818 bits per heavy atom. The molecule has 118 valence electrons. The number of rotatable bonds is 8. The number of ether oxygens (including phenoxy) is 3. The van der Waals surface area contributed by atoms with Crippen molar-refractivity contribution >= 4 is 0 Å². The van der Waals surface area contributed by atoms with Crippen LogP contribution < -0.4 is 19.5 Å². The lowest BCUT2D eigenvalue weighted by molar-refractivity contribution is 0.306. The molecule has 2 aromatic rings. The van der Waals surface area contributed by atoms with Gasteiger partial charge >= 0.3 is 0 Å². The van der Waals surface area contributed by atoms with Gasteiger partial charge in [-0.25, -0.2) is 0 Å². The van der Waals surface area contributed by atoms with Crippen LogP contribution in [0.25, 0.3) is 0 Å². The van der Waals surface area contributed by atoms with Crippen molar-refractivity contribution in [3.05, 3.63) is 53.6 Å². The summed E-state index contributed by atoms with van der Waals surface area (Å²) in [5.74, 6) is 2.46. The van der Waals surface area contributed by atoms with Crippen molar-refractivity contribution in [1.29, 1.82) is 0 Å². The zero-order chi connectivity index (χ0) is 15.8. The first-order valence-corrected chi connectivity index (χ1v) is 7.41. The molecule has 0 heterocycles. The van der Waals surface area contributed by atoms with E-state index in [-0.39, 0.29) is 0 Å². The summed E-state index contributed by atoms with van der Waals surface area (Å²) >= 11 is 0.